The summed E-state index contributed by atoms with van der Waals surface area (Å²) in [6, 6.07) is 6.95. The summed E-state index contributed by atoms with van der Waals surface area (Å²) in [7, 11) is 0. The van der Waals surface area contributed by atoms with Gasteiger partial charge in [-0.3, -0.25) is 0 Å². The lowest BCUT2D eigenvalue weighted by Gasteiger charge is -2.14. The molecule has 28 heavy (non-hydrogen) atoms. The number of aromatic nitrogens is 3. The van der Waals surface area contributed by atoms with Crippen molar-refractivity contribution in [2.75, 3.05) is 5.32 Å². The van der Waals surface area contributed by atoms with Crippen LogP contribution in [0.4, 0.5) is 20.4 Å². The summed E-state index contributed by atoms with van der Waals surface area (Å²) in [5.74, 6) is -2.15. The third-order valence-electron chi connectivity index (χ3n) is 4.21. The zero-order valence-electron chi connectivity index (χ0n) is 15.9. The molecule has 0 atom stereocenters. The van der Waals surface area contributed by atoms with Crippen molar-refractivity contribution in [3.63, 3.8) is 0 Å². The van der Waals surface area contributed by atoms with E-state index in [-0.39, 0.29) is 16.8 Å². The lowest BCUT2D eigenvalue weighted by atomic mass is 9.92. The van der Waals surface area contributed by atoms with E-state index >= 15 is 0 Å². The molecule has 6 nitrogen and oxygen atoms in total. The van der Waals surface area contributed by atoms with E-state index in [0.717, 1.165) is 17.8 Å². The largest absolute Gasteiger partial charge is 0.478 e. The van der Waals surface area contributed by atoms with Gasteiger partial charge in [0.2, 0.25) is 0 Å². The molecule has 1 aromatic carbocycles. The van der Waals surface area contributed by atoms with Crippen LogP contribution >= 0.6 is 0 Å². The van der Waals surface area contributed by atoms with Crippen LogP contribution in [0.15, 0.2) is 36.5 Å². The fourth-order valence-electron chi connectivity index (χ4n) is 2.65. The summed E-state index contributed by atoms with van der Waals surface area (Å²) < 4.78 is 28.8. The van der Waals surface area contributed by atoms with E-state index in [9.17, 15) is 18.7 Å². The van der Waals surface area contributed by atoms with Crippen LogP contribution in [0.2, 0.25) is 0 Å². The van der Waals surface area contributed by atoms with Gasteiger partial charge in [-0.05, 0) is 30.7 Å². The second-order valence-electron chi connectivity index (χ2n) is 7.49. The average molecular weight is 386 g/mol. The van der Waals surface area contributed by atoms with Crippen molar-refractivity contribution in [1.29, 1.82) is 0 Å². The average Bonchev–Trinajstić information content (AvgIpc) is 3.02. The third kappa shape index (κ3) is 3.85. The lowest BCUT2D eigenvalue weighted by molar-refractivity contribution is 0.0697. The third-order valence-corrected chi connectivity index (χ3v) is 4.21. The number of hydrogen-bond acceptors (Lipinski definition) is 4. The van der Waals surface area contributed by atoms with E-state index in [4.69, 9.17) is 0 Å². The Morgan fingerprint density at radius 3 is 2.50 bits per heavy atom. The maximum atomic E-state index is 13.9. The Morgan fingerprint density at radius 1 is 1.14 bits per heavy atom. The predicted octanol–water partition coefficient (Wildman–Crippen LogP) is 4.59. The Balaban J connectivity index is 2.17. The molecule has 0 fully saturated rings. The minimum atomic E-state index is -1.32. The number of carbonyl (C=O) groups is 1. The van der Waals surface area contributed by atoms with Crippen LogP contribution in [-0.4, -0.2) is 25.8 Å². The van der Waals surface area contributed by atoms with Gasteiger partial charge in [0.05, 0.1) is 17.6 Å². The summed E-state index contributed by atoms with van der Waals surface area (Å²) in [6.45, 7) is 7.73. The highest BCUT2D eigenvalue weighted by molar-refractivity contribution is 5.93. The van der Waals surface area contributed by atoms with E-state index in [1.807, 2.05) is 27.7 Å². The number of carboxylic acid groups (broad SMARTS) is 1. The van der Waals surface area contributed by atoms with Gasteiger partial charge in [-0.25, -0.2) is 23.2 Å². The van der Waals surface area contributed by atoms with Crippen LogP contribution in [0.25, 0.3) is 5.69 Å². The monoisotopic (exact) mass is 386 g/mol. The molecule has 2 heterocycles. The molecule has 8 heteroatoms. The minimum Gasteiger partial charge on any atom is -0.478 e. The highest BCUT2D eigenvalue weighted by Crippen LogP contribution is 2.30. The normalized spacial score (nSPS) is 11.5. The zero-order chi connectivity index (χ0) is 20.6. The van der Waals surface area contributed by atoms with Gasteiger partial charge in [-0.1, -0.05) is 26.8 Å². The van der Waals surface area contributed by atoms with Crippen LogP contribution in [-0.2, 0) is 5.41 Å². The Bertz CT molecular complexity index is 1050. The molecular weight excluding hydrogens is 366 g/mol. The van der Waals surface area contributed by atoms with Gasteiger partial charge in [0.1, 0.15) is 28.8 Å². The molecule has 2 aromatic heterocycles. The van der Waals surface area contributed by atoms with Crippen molar-refractivity contribution < 1.29 is 18.7 Å². The topological polar surface area (TPSA) is 80.0 Å². The van der Waals surface area contributed by atoms with E-state index in [2.05, 4.69) is 15.4 Å². The molecule has 0 unspecified atom stereocenters. The van der Waals surface area contributed by atoms with Crippen LogP contribution in [0.5, 0.6) is 0 Å². The van der Waals surface area contributed by atoms with Crippen molar-refractivity contribution in [2.24, 2.45) is 0 Å². The van der Waals surface area contributed by atoms with Gasteiger partial charge in [0.15, 0.2) is 0 Å². The van der Waals surface area contributed by atoms with Crippen molar-refractivity contribution in [1.82, 2.24) is 14.8 Å². The number of aromatic carboxylic acids is 1. The maximum Gasteiger partial charge on any atom is 0.339 e. The van der Waals surface area contributed by atoms with Crippen molar-refractivity contribution in [3.05, 3.63) is 65.0 Å². The molecule has 0 aliphatic carbocycles. The number of aryl methyl sites for hydroxylation is 1. The highest BCUT2D eigenvalue weighted by Gasteiger charge is 2.23. The summed E-state index contributed by atoms with van der Waals surface area (Å²) in [5, 5.41) is 16.8. The fraction of sp³-hybridized carbons (Fsp3) is 0.250. The van der Waals surface area contributed by atoms with Crippen LogP contribution in [0.3, 0.4) is 0 Å². The highest BCUT2D eigenvalue weighted by atomic mass is 19.1. The van der Waals surface area contributed by atoms with E-state index < -0.39 is 17.6 Å². The number of benzene rings is 1. The second-order valence-corrected chi connectivity index (χ2v) is 7.49. The zero-order valence-corrected chi connectivity index (χ0v) is 15.9. The van der Waals surface area contributed by atoms with Gasteiger partial charge in [-0.15, -0.1) is 0 Å². The summed E-state index contributed by atoms with van der Waals surface area (Å²) in [4.78, 5) is 15.3. The smallest absolute Gasteiger partial charge is 0.339 e. The number of nitrogens with zero attached hydrogens (tertiary/aromatic N) is 3. The lowest BCUT2D eigenvalue weighted by Crippen LogP contribution is -2.13. The minimum absolute atomic E-state index is 0.0374. The molecule has 2 N–H and O–H groups in total. The molecule has 0 radical (unpaired) electrons. The fourth-order valence-corrected chi connectivity index (χ4v) is 2.65. The van der Waals surface area contributed by atoms with Gasteiger partial charge in [0, 0.05) is 11.5 Å². The Kier molecular flexibility index (Phi) is 4.89. The molecule has 0 bridgehead atoms. The first kappa shape index (κ1) is 19.5. The quantitative estimate of drug-likeness (QED) is 0.685. The van der Waals surface area contributed by atoms with E-state index in [0.29, 0.717) is 17.2 Å². The molecule has 0 saturated heterocycles. The molecule has 0 spiro atoms. The van der Waals surface area contributed by atoms with Gasteiger partial charge >= 0.3 is 5.97 Å². The van der Waals surface area contributed by atoms with Gasteiger partial charge in [0.25, 0.3) is 0 Å². The molecular formula is C20H20F2N4O2. The first-order valence-corrected chi connectivity index (χ1v) is 8.59. The van der Waals surface area contributed by atoms with E-state index in [1.165, 1.54) is 16.8 Å². The van der Waals surface area contributed by atoms with Crippen molar-refractivity contribution >= 4 is 17.6 Å². The molecule has 3 aromatic rings. The molecule has 0 aliphatic rings. The van der Waals surface area contributed by atoms with Gasteiger partial charge < -0.3 is 10.4 Å². The number of rotatable bonds is 4. The molecule has 0 aliphatic heterocycles. The number of pyridine rings is 1. The van der Waals surface area contributed by atoms with Crippen molar-refractivity contribution in [2.45, 2.75) is 33.1 Å². The van der Waals surface area contributed by atoms with Crippen LogP contribution in [0.1, 0.15) is 42.4 Å². The first-order chi connectivity index (χ1) is 13.1. The van der Waals surface area contributed by atoms with Crippen molar-refractivity contribution in [3.8, 4) is 5.69 Å². The van der Waals surface area contributed by atoms with Gasteiger partial charge in [-0.2, -0.15) is 5.10 Å². The Labute approximate surface area is 160 Å². The summed E-state index contributed by atoms with van der Waals surface area (Å²) >= 11 is 0. The maximum absolute atomic E-state index is 13.9. The number of hydrogen-bond donors (Lipinski definition) is 2. The van der Waals surface area contributed by atoms with Crippen LogP contribution < -0.4 is 5.32 Å². The Hall–Kier alpha value is -3.29. The predicted molar refractivity (Wildman–Crippen MR) is 101 cm³/mol. The standard InChI is InChI=1S/C20H20F2N4O2/c1-11-5-6-12(21)8-15(11)26-17(9-16(25-26)20(2,3)4)24-18-14(19(27)28)7-13(22)10-23-18/h5-10H,1-4H3,(H,23,24)(H,27,28). The first-order valence-electron chi connectivity index (χ1n) is 8.59. The molecule has 3 rings (SSSR count). The summed E-state index contributed by atoms with van der Waals surface area (Å²) in [6.07, 6.45) is 0.924. The number of carboxylic acids is 1. The number of halogens is 2. The number of anilines is 2. The SMILES string of the molecule is Cc1ccc(F)cc1-n1nc(C(C)(C)C)cc1Nc1ncc(F)cc1C(=O)O. The Morgan fingerprint density at radius 2 is 1.86 bits per heavy atom. The molecule has 146 valence electrons. The molecule has 0 saturated carbocycles. The summed E-state index contributed by atoms with van der Waals surface area (Å²) in [5.41, 5.74) is 1.35. The second kappa shape index (κ2) is 7.03. The van der Waals surface area contributed by atoms with Crippen LogP contribution in [0, 0.1) is 18.6 Å². The van der Waals surface area contributed by atoms with E-state index in [1.54, 1.807) is 12.1 Å². The molecule has 0 amide bonds. The number of nitrogens with one attached hydrogen (secondary N) is 1.